The summed E-state index contributed by atoms with van der Waals surface area (Å²) in [5.41, 5.74) is 0. The molecule has 3 aliphatic rings. The Morgan fingerprint density at radius 1 is 1.18 bits per heavy atom. The molecule has 124 valence electrons. The summed E-state index contributed by atoms with van der Waals surface area (Å²) in [6.07, 6.45) is 11.1. The van der Waals surface area contributed by atoms with Gasteiger partial charge in [0, 0.05) is 6.42 Å². The third-order valence-electron chi connectivity index (χ3n) is 6.16. The number of carbonyl (C=O) groups excluding carboxylic acids is 1. The topological polar surface area (TPSA) is 46.5 Å². The molecule has 2 unspecified atom stereocenters. The van der Waals surface area contributed by atoms with E-state index in [0.717, 1.165) is 30.6 Å². The SMILES string of the molecule is C[C@@H]1CC[C@H]2C(C=C[C@H](C)C2CC[C@@H]2C[C@@H](O)CC(=O)O2)C1. The van der Waals surface area contributed by atoms with Crippen molar-refractivity contribution in [3.8, 4) is 0 Å². The Morgan fingerprint density at radius 3 is 2.77 bits per heavy atom. The molecule has 0 aromatic carbocycles. The predicted octanol–water partition coefficient (Wildman–Crippen LogP) is 3.71. The first-order chi connectivity index (χ1) is 10.5. The molecule has 1 saturated carbocycles. The van der Waals surface area contributed by atoms with Crippen LogP contribution in [-0.2, 0) is 9.53 Å². The van der Waals surface area contributed by atoms with Crippen molar-refractivity contribution < 1.29 is 14.6 Å². The van der Waals surface area contributed by atoms with E-state index in [1.165, 1.54) is 19.3 Å². The van der Waals surface area contributed by atoms with Crippen LogP contribution in [0.1, 0.15) is 58.8 Å². The van der Waals surface area contributed by atoms with Gasteiger partial charge in [0.05, 0.1) is 12.5 Å². The Morgan fingerprint density at radius 2 is 2.00 bits per heavy atom. The van der Waals surface area contributed by atoms with Crippen molar-refractivity contribution in [2.75, 3.05) is 0 Å². The smallest absolute Gasteiger partial charge is 0.308 e. The quantitative estimate of drug-likeness (QED) is 0.638. The number of rotatable bonds is 3. The molecular formula is C19H30O3. The summed E-state index contributed by atoms with van der Waals surface area (Å²) >= 11 is 0. The zero-order chi connectivity index (χ0) is 15.7. The largest absolute Gasteiger partial charge is 0.462 e. The summed E-state index contributed by atoms with van der Waals surface area (Å²) in [5.74, 6) is 3.52. The molecule has 1 heterocycles. The lowest BCUT2D eigenvalue weighted by Crippen LogP contribution is -2.37. The zero-order valence-electron chi connectivity index (χ0n) is 13.9. The van der Waals surface area contributed by atoms with E-state index in [-0.39, 0.29) is 18.5 Å². The summed E-state index contributed by atoms with van der Waals surface area (Å²) in [4.78, 5) is 11.5. The summed E-state index contributed by atoms with van der Waals surface area (Å²) in [5, 5.41) is 9.74. The van der Waals surface area contributed by atoms with Crippen LogP contribution in [0.4, 0.5) is 0 Å². The first kappa shape index (κ1) is 16.0. The minimum absolute atomic E-state index is 0.0738. The fraction of sp³-hybridized carbons (Fsp3) is 0.842. The molecule has 0 bridgehead atoms. The molecule has 0 aromatic rings. The highest BCUT2D eigenvalue weighted by atomic mass is 16.5. The highest BCUT2D eigenvalue weighted by Gasteiger charge is 2.38. The Kier molecular flexibility index (Phi) is 4.91. The molecule has 0 amide bonds. The van der Waals surface area contributed by atoms with Crippen molar-refractivity contribution in [2.24, 2.45) is 29.6 Å². The van der Waals surface area contributed by atoms with Crippen LogP contribution in [0.5, 0.6) is 0 Å². The molecule has 2 fully saturated rings. The molecule has 3 nitrogen and oxygen atoms in total. The van der Waals surface area contributed by atoms with Gasteiger partial charge < -0.3 is 9.84 Å². The van der Waals surface area contributed by atoms with Crippen molar-refractivity contribution in [3.63, 3.8) is 0 Å². The molecule has 0 aromatic heterocycles. The molecule has 7 atom stereocenters. The highest BCUT2D eigenvalue weighted by Crippen LogP contribution is 2.46. The fourth-order valence-electron chi connectivity index (χ4n) is 4.95. The van der Waals surface area contributed by atoms with Crippen LogP contribution in [0.25, 0.3) is 0 Å². The second kappa shape index (κ2) is 6.74. The average molecular weight is 306 g/mol. The summed E-state index contributed by atoms with van der Waals surface area (Å²) < 4.78 is 5.42. The van der Waals surface area contributed by atoms with Gasteiger partial charge in [-0.1, -0.05) is 32.4 Å². The third-order valence-corrected chi connectivity index (χ3v) is 6.16. The van der Waals surface area contributed by atoms with Crippen molar-refractivity contribution in [3.05, 3.63) is 12.2 Å². The van der Waals surface area contributed by atoms with E-state index in [9.17, 15) is 9.90 Å². The monoisotopic (exact) mass is 306 g/mol. The van der Waals surface area contributed by atoms with Crippen LogP contribution < -0.4 is 0 Å². The molecular weight excluding hydrogens is 276 g/mol. The van der Waals surface area contributed by atoms with E-state index in [4.69, 9.17) is 4.74 Å². The number of allylic oxidation sites excluding steroid dienone is 2. The third kappa shape index (κ3) is 3.56. The zero-order valence-corrected chi connectivity index (χ0v) is 13.9. The molecule has 3 heteroatoms. The average Bonchev–Trinajstić information content (AvgIpc) is 2.45. The summed E-state index contributed by atoms with van der Waals surface area (Å²) in [7, 11) is 0. The first-order valence-electron chi connectivity index (χ1n) is 9.08. The molecule has 2 aliphatic carbocycles. The molecule has 1 saturated heterocycles. The van der Waals surface area contributed by atoms with Gasteiger partial charge in [0.2, 0.25) is 0 Å². The number of hydrogen-bond acceptors (Lipinski definition) is 3. The standard InChI is InChI=1S/C19H30O3/c1-12-3-7-18-14(9-12)5-4-13(2)17(18)8-6-16-10-15(20)11-19(21)22-16/h4-5,12-18,20H,3,6-11H2,1-2H3/t12-,13+,14?,15-,16-,17?,18+/m1/s1. The van der Waals surface area contributed by atoms with Gasteiger partial charge >= 0.3 is 5.97 Å². The molecule has 22 heavy (non-hydrogen) atoms. The Bertz CT molecular complexity index is 430. The van der Waals surface area contributed by atoms with E-state index < -0.39 is 6.10 Å². The Labute approximate surface area is 134 Å². The molecule has 1 aliphatic heterocycles. The van der Waals surface area contributed by atoms with Gasteiger partial charge in [-0.15, -0.1) is 0 Å². The van der Waals surface area contributed by atoms with Gasteiger partial charge in [-0.05, 0) is 55.3 Å². The van der Waals surface area contributed by atoms with Crippen LogP contribution >= 0.6 is 0 Å². The number of carbonyl (C=O) groups is 1. The van der Waals surface area contributed by atoms with Gasteiger partial charge in [-0.2, -0.15) is 0 Å². The molecule has 3 rings (SSSR count). The number of aliphatic hydroxyl groups is 1. The van der Waals surface area contributed by atoms with E-state index in [1.54, 1.807) is 0 Å². The van der Waals surface area contributed by atoms with E-state index in [2.05, 4.69) is 26.0 Å². The van der Waals surface area contributed by atoms with E-state index in [1.807, 2.05) is 0 Å². The normalized spacial score (nSPS) is 45.2. The van der Waals surface area contributed by atoms with Crippen LogP contribution in [0.15, 0.2) is 12.2 Å². The van der Waals surface area contributed by atoms with E-state index >= 15 is 0 Å². The van der Waals surface area contributed by atoms with Gasteiger partial charge in [-0.25, -0.2) is 0 Å². The van der Waals surface area contributed by atoms with Crippen molar-refractivity contribution in [1.29, 1.82) is 0 Å². The van der Waals surface area contributed by atoms with Crippen LogP contribution in [0.2, 0.25) is 0 Å². The van der Waals surface area contributed by atoms with Gasteiger partial charge in [0.15, 0.2) is 0 Å². The Balaban J connectivity index is 1.59. The number of aliphatic hydroxyl groups excluding tert-OH is 1. The minimum Gasteiger partial charge on any atom is -0.462 e. The van der Waals surface area contributed by atoms with Gasteiger partial charge in [0.1, 0.15) is 6.10 Å². The van der Waals surface area contributed by atoms with E-state index in [0.29, 0.717) is 18.3 Å². The molecule has 1 N–H and O–H groups in total. The lowest BCUT2D eigenvalue weighted by atomic mass is 9.62. The number of cyclic esters (lactones) is 1. The fourth-order valence-corrected chi connectivity index (χ4v) is 4.95. The minimum atomic E-state index is -0.502. The highest BCUT2D eigenvalue weighted by molar-refractivity contribution is 5.70. The number of esters is 1. The van der Waals surface area contributed by atoms with Crippen LogP contribution in [-0.4, -0.2) is 23.3 Å². The Hall–Kier alpha value is -0.830. The second-order valence-electron chi connectivity index (χ2n) is 7.94. The number of hydrogen-bond donors (Lipinski definition) is 1. The van der Waals surface area contributed by atoms with Crippen LogP contribution in [0.3, 0.4) is 0 Å². The van der Waals surface area contributed by atoms with Gasteiger partial charge in [0.25, 0.3) is 0 Å². The molecule has 0 spiro atoms. The van der Waals surface area contributed by atoms with Gasteiger partial charge in [-0.3, -0.25) is 4.79 Å². The lowest BCUT2D eigenvalue weighted by Gasteiger charge is -2.44. The maximum Gasteiger partial charge on any atom is 0.308 e. The van der Waals surface area contributed by atoms with Crippen molar-refractivity contribution >= 4 is 5.97 Å². The summed E-state index contributed by atoms with van der Waals surface area (Å²) in [6.45, 7) is 4.71. The second-order valence-corrected chi connectivity index (χ2v) is 7.94. The number of fused-ring (bicyclic) bond motifs is 1. The molecule has 0 radical (unpaired) electrons. The van der Waals surface area contributed by atoms with Crippen LogP contribution in [0, 0.1) is 29.6 Å². The summed E-state index contributed by atoms with van der Waals surface area (Å²) in [6, 6.07) is 0. The number of ether oxygens (including phenoxy) is 1. The maximum absolute atomic E-state index is 11.5. The maximum atomic E-state index is 11.5. The predicted molar refractivity (Wildman–Crippen MR) is 86.1 cm³/mol. The first-order valence-corrected chi connectivity index (χ1v) is 9.08. The lowest BCUT2D eigenvalue weighted by molar-refractivity contribution is -0.160. The van der Waals surface area contributed by atoms with Crippen molar-refractivity contribution in [2.45, 2.75) is 71.0 Å². The van der Waals surface area contributed by atoms with Crippen molar-refractivity contribution in [1.82, 2.24) is 0 Å².